The summed E-state index contributed by atoms with van der Waals surface area (Å²) in [4.78, 5) is 28.9. The van der Waals surface area contributed by atoms with Gasteiger partial charge in [0.1, 0.15) is 11.8 Å². The number of hydrogen-bond acceptors (Lipinski definition) is 4. The summed E-state index contributed by atoms with van der Waals surface area (Å²) in [6.45, 7) is 2.99. The highest BCUT2D eigenvalue weighted by molar-refractivity contribution is 7.99. The number of amides is 2. The van der Waals surface area contributed by atoms with Gasteiger partial charge >= 0.3 is 0 Å². The van der Waals surface area contributed by atoms with Gasteiger partial charge in [0.2, 0.25) is 11.8 Å². The summed E-state index contributed by atoms with van der Waals surface area (Å²) >= 11 is 7.64. The Hall–Kier alpha value is -2.96. The molecule has 0 fully saturated rings. The molecule has 3 aromatic carbocycles. The Labute approximate surface area is 229 Å². The molecule has 37 heavy (non-hydrogen) atoms. The summed E-state index contributed by atoms with van der Waals surface area (Å²) < 4.78 is 5.39. The van der Waals surface area contributed by atoms with Crippen molar-refractivity contribution in [2.75, 3.05) is 19.4 Å². The van der Waals surface area contributed by atoms with E-state index < -0.39 is 6.04 Å². The van der Waals surface area contributed by atoms with Crippen LogP contribution in [0, 0.1) is 0 Å². The Morgan fingerprint density at radius 2 is 1.70 bits per heavy atom. The molecule has 3 rings (SSSR count). The number of ether oxygens (including phenoxy) is 1. The van der Waals surface area contributed by atoms with Crippen LogP contribution in [-0.2, 0) is 28.3 Å². The molecular formula is C30H35ClN2O3S. The van der Waals surface area contributed by atoms with Crippen molar-refractivity contribution in [3.8, 4) is 5.75 Å². The molecule has 5 nitrogen and oxygen atoms in total. The summed E-state index contributed by atoms with van der Waals surface area (Å²) in [6, 6.07) is 24.5. The number of halogens is 1. The minimum atomic E-state index is -0.635. The second kappa shape index (κ2) is 15.3. The van der Waals surface area contributed by atoms with E-state index in [2.05, 4.69) is 12.2 Å². The first-order valence-corrected chi connectivity index (χ1v) is 14.1. The quantitative estimate of drug-likeness (QED) is 0.250. The van der Waals surface area contributed by atoms with Crippen molar-refractivity contribution in [3.63, 3.8) is 0 Å². The Bertz CT molecular complexity index is 1140. The number of nitrogens with zero attached hydrogens (tertiary/aromatic N) is 1. The van der Waals surface area contributed by atoms with Crippen molar-refractivity contribution in [3.05, 3.63) is 101 Å². The lowest BCUT2D eigenvalue weighted by Gasteiger charge is -2.31. The van der Waals surface area contributed by atoms with E-state index in [-0.39, 0.29) is 17.6 Å². The minimum Gasteiger partial charge on any atom is -0.497 e. The molecule has 0 bridgehead atoms. The summed E-state index contributed by atoms with van der Waals surface area (Å²) in [7, 11) is 1.62. The topological polar surface area (TPSA) is 58.6 Å². The van der Waals surface area contributed by atoms with Gasteiger partial charge in [-0.05, 0) is 47.4 Å². The summed E-state index contributed by atoms with van der Waals surface area (Å²) in [5.41, 5.74) is 2.97. The molecular weight excluding hydrogens is 504 g/mol. The number of carbonyl (C=O) groups excluding carboxylic acids is 2. The third-order valence-corrected chi connectivity index (χ3v) is 7.19. The third-order valence-electron chi connectivity index (χ3n) is 5.97. The molecule has 0 saturated heterocycles. The van der Waals surface area contributed by atoms with Gasteiger partial charge in [0.15, 0.2) is 0 Å². The number of unbranched alkanes of at least 4 members (excludes halogenated alkanes) is 1. The van der Waals surface area contributed by atoms with Crippen LogP contribution in [-0.4, -0.2) is 42.2 Å². The predicted molar refractivity (Wildman–Crippen MR) is 153 cm³/mol. The first-order valence-electron chi connectivity index (χ1n) is 12.6. The molecule has 0 unspecified atom stereocenters. The normalized spacial score (nSPS) is 11.5. The van der Waals surface area contributed by atoms with Crippen LogP contribution in [0.3, 0.4) is 0 Å². The lowest BCUT2D eigenvalue weighted by atomic mass is 10.0. The second-order valence-corrected chi connectivity index (χ2v) is 10.3. The molecule has 0 spiro atoms. The van der Waals surface area contributed by atoms with Gasteiger partial charge in [0.25, 0.3) is 0 Å². The minimum absolute atomic E-state index is 0.0820. The van der Waals surface area contributed by atoms with Gasteiger partial charge in [-0.15, -0.1) is 11.8 Å². The Morgan fingerprint density at radius 1 is 0.973 bits per heavy atom. The van der Waals surface area contributed by atoms with Crippen LogP contribution in [0.4, 0.5) is 0 Å². The summed E-state index contributed by atoms with van der Waals surface area (Å²) in [5.74, 6) is 1.41. The van der Waals surface area contributed by atoms with Gasteiger partial charge < -0.3 is 15.0 Å². The van der Waals surface area contributed by atoms with Crippen molar-refractivity contribution >= 4 is 35.2 Å². The maximum absolute atomic E-state index is 13.7. The van der Waals surface area contributed by atoms with Crippen LogP contribution in [0.1, 0.15) is 36.5 Å². The highest BCUT2D eigenvalue weighted by Gasteiger charge is 2.30. The fourth-order valence-electron chi connectivity index (χ4n) is 3.99. The van der Waals surface area contributed by atoms with Gasteiger partial charge in [-0.2, -0.15) is 0 Å². The molecule has 2 amide bonds. The van der Waals surface area contributed by atoms with Gasteiger partial charge in [0, 0.05) is 30.3 Å². The molecule has 0 radical (unpaired) electrons. The largest absolute Gasteiger partial charge is 0.497 e. The number of rotatable bonds is 14. The SMILES string of the molecule is CCCCNC(=O)[C@H](Cc1ccccc1)N(Cc1cccc(OC)c1)C(=O)CSCc1cccc(Cl)c1. The van der Waals surface area contributed by atoms with Crippen molar-refractivity contribution < 1.29 is 14.3 Å². The van der Waals surface area contributed by atoms with E-state index in [9.17, 15) is 9.59 Å². The summed E-state index contributed by atoms with van der Waals surface area (Å²) in [5, 5.41) is 3.73. The van der Waals surface area contributed by atoms with Crippen LogP contribution in [0.25, 0.3) is 0 Å². The van der Waals surface area contributed by atoms with E-state index in [0.717, 1.165) is 29.5 Å². The van der Waals surface area contributed by atoms with Gasteiger partial charge in [-0.1, -0.05) is 79.5 Å². The monoisotopic (exact) mass is 538 g/mol. The first-order chi connectivity index (χ1) is 18.0. The van der Waals surface area contributed by atoms with Crippen LogP contribution in [0.5, 0.6) is 5.75 Å². The number of benzene rings is 3. The van der Waals surface area contributed by atoms with E-state index >= 15 is 0 Å². The fraction of sp³-hybridized carbons (Fsp3) is 0.333. The molecule has 1 N–H and O–H groups in total. The number of nitrogens with one attached hydrogen (secondary N) is 1. The number of hydrogen-bond donors (Lipinski definition) is 1. The zero-order valence-corrected chi connectivity index (χ0v) is 23.1. The van der Waals surface area contributed by atoms with Crippen LogP contribution < -0.4 is 10.1 Å². The third kappa shape index (κ3) is 9.45. The van der Waals surface area contributed by atoms with E-state index in [0.29, 0.717) is 36.0 Å². The molecule has 0 aliphatic carbocycles. The number of methoxy groups -OCH3 is 1. The van der Waals surface area contributed by atoms with E-state index in [1.54, 1.807) is 12.0 Å². The smallest absolute Gasteiger partial charge is 0.243 e. The van der Waals surface area contributed by atoms with E-state index in [1.807, 2.05) is 78.9 Å². The van der Waals surface area contributed by atoms with Gasteiger partial charge in [-0.25, -0.2) is 0 Å². The van der Waals surface area contributed by atoms with Crippen molar-refractivity contribution in [1.29, 1.82) is 0 Å². The van der Waals surface area contributed by atoms with Crippen molar-refractivity contribution in [2.24, 2.45) is 0 Å². The van der Waals surface area contributed by atoms with Crippen molar-refractivity contribution in [2.45, 2.75) is 44.5 Å². The average Bonchev–Trinajstić information content (AvgIpc) is 2.91. The van der Waals surface area contributed by atoms with Gasteiger partial charge in [-0.3, -0.25) is 9.59 Å². The molecule has 3 aromatic rings. The van der Waals surface area contributed by atoms with Crippen LogP contribution in [0.15, 0.2) is 78.9 Å². The highest BCUT2D eigenvalue weighted by atomic mass is 35.5. The molecule has 0 aliphatic heterocycles. The zero-order chi connectivity index (χ0) is 26.5. The molecule has 0 saturated carbocycles. The maximum atomic E-state index is 13.7. The lowest BCUT2D eigenvalue weighted by molar-refractivity contribution is -0.139. The Morgan fingerprint density at radius 3 is 2.43 bits per heavy atom. The number of thioether (sulfide) groups is 1. The zero-order valence-electron chi connectivity index (χ0n) is 21.5. The fourth-order valence-corrected chi connectivity index (χ4v) is 5.06. The Kier molecular flexibility index (Phi) is 11.9. The van der Waals surface area contributed by atoms with E-state index in [4.69, 9.17) is 16.3 Å². The molecule has 7 heteroatoms. The maximum Gasteiger partial charge on any atom is 0.243 e. The van der Waals surface area contributed by atoms with Crippen LogP contribution in [0.2, 0.25) is 5.02 Å². The first kappa shape index (κ1) is 28.6. The predicted octanol–water partition coefficient (Wildman–Crippen LogP) is 6.14. The highest BCUT2D eigenvalue weighted by Crippen LogP contribution is 2.21. The second-order valence-electron chi connectivity index (χ2n) is 8.85. The Balaban J connectivity index is 1.84. The molecule has 1 atom stereocenters. The number of carbonyl (C=O) groups is 2. The van der Waals surface area contributed by atoms with E-state index in [1.165, 1.54) is 11.8 Å². The van der Waals surface area contributed by atoms with Gasteiger partial charge in [0.05, 0.1) is 12.9 Å². The lowest BCUT2D eigenvalue weighted by Crippen LogP contribution is -2.51. The summed E-state index contributed by atoms with van der Waals surface area (Å²) in [6.07, 6.45) is 2.31. The van der Waals surface area contributed by atoms with Crippen molar-refractivity contribution in [1.82, 2.24) is 10.2 Å². The van der Waals surface area contributed by atoms with Crippen LogP contribution >= 0.6 is 23.4 Å². The molecule has 0 aromatic heterocycles. The average molecular weight is 539 g/mol. The standard InChI is InChI=1S/C30H35ClN2O3S/c1-3-4-16-32-30(35)28(19-23-10-6-5-7-11-23)33(20-24-12-9-15-27(18-24)36-2)29(34)22-37-21-25-13-8-14-26(31)17-25/h5-15,17-18,28H,3-4,16,19-22H2,1-2H3,(H,32,35)/t28-/m0/s1. The molecule has 0 aliphatic rings. The molecule has 196 valence electrons. The molecule has 0 heterocycles.